The van der Waals surface area contributed by atoms with Crippen molar-refractivity contribution in [2.45, 2.75) is 19.7 Å². The van der Waals surface area contributed by atoms with Gasteiger partial charge in [-0.05, 0) is 77.6 Å². The molecular formula is C28H22F3N5OS. The summed E-state index contributed by atoms with van der Waals surface area (Å²) in [6.45, 7) is 2.08. The zero-order valence-electron chi connectivity index (χ0n) is 20.2. The molecule has 10 heteroatoms. The molecular weight excluding hydrogens is 511 g/mol. The molecule has 1 aromatic heterocycles. The number of imidazole rings is 1. The van der Waals surface area contributed by atoms with Crippen molar-refractivity contribution in [3.05, 3.63) is 96.3 Å². The van der Waals surface area contributed by atoms with E-state index in [4.69, 9.17) is 12.2 Å². The molecule has 5 aromatic rings. The van der Waals surface area contributed by atoms with Crippen LogP contribution in [0.3, 0.4) is 0 Å². The van der Waals surface area contributed by atoms with Crippen molar-refractivity contribution in [1.29, 1.82) is 0 Å². The lowest BCUT2D eigenvalue weighted by molar-refractivity contribution is -0.274. The van der Waals surface area contributed by atoms with Gasteiger partial charge in [-0.25, -0.2) is 4.98 Å². The van der Waals surface area contributed by atoms with Gasteiger partial charge in [0, 0.05) is 16.8 Å². The summed E-state index contributed by atoms with van der Waals surface area (Å²) in [6, 6.07) is 23.4. The van der Waals surface area contributed by atoms with Crippen molar-refractivity contribution in [3.8, 4) is 11.4 Å². The molecule has 6 nitrogen and oxygen atoms in total. The van der Waals surface area contributed by atoms with Gasteiger partial charge in [0.15, 0.2) is 5.11 Å². The highest BCUT2D eigenvalue weighted by atomic mass is 32.1. The fraction of sp³-hybridized carbons (Fsp3) is 0.107. The Balaban J connectivity index is 1.31. The summed E-state index contributed by atoms with van der Waals surface area (Å²) in [5.74, 6) is -0.276. The standard InChI is InChI=1S/C28H22F3N5OS/c1-2-19-5-3-4-6-24(19)34-27(38)35-33-16-18-7-13-23-20(15-18)8-14-25-26(23)32-17-36(25)21-9-11-22(12-10-21)37-28(29,30)31/h3-17H,2H2,1H3,(H2,34,35,38)/b33-16+. The molecule has 0 fully saturated rings. The second kappa shape index (κ2) is 10.5. The van der Waals surface area contributed by atoms with E-state index in [1.807, 2.05) is 59.2 Å². The van der Waals surface area contributed by atoms with Crippen LogP contribution >= 0.6 is 12.2 Å². The largest absolute Gasteiger partial charge is 0.573 e. The molecule has 2 N–H and O–H groups in total. The van der Waals surface area contributed by atoms with E-state index < -0.39 is 6.36 Å². The molecule has 1 heterocycles. The molecule has 0 saturated heterocycles. The van der Waals surface area contributed by atoms with E-state index in [9.17, 15) is 13.2 Å². The van der Waals surface area contributed by atoms with Gasteiger partial charge < -0.3 is 10.1 Å². The molecule has 0 radical (unpaired) electrons. The summed E-state index contributed by atoms with van der Waals surface area (Å²) >= 11 is 5.36. The van der Waals surface area contributed by atoms with E-state index >= 15 is 0 Å². The molecule has 0 saturated carbocycles. The van der Waals surface area contributed by atoms with Crippen LogP contribution in [0.25, 0.3) is 27.5 Å². The van der Waals surface area contributed by atoms with Gasteiger partial charge in [-0.3, -0.25) is 9.99 Å². The van der Waals surface area contributed by atoms with Gasteiger partial charge in [-0.1, -0.05) is 43.3 Å². The van der Waals surface area contributed by atoms with E-state index in [1.165, 1.54) is 12.1 Å². The Morgan fingerprint density at radius 1 is 1.05 bits per heavy atom. The first kappa shape index (κ1) is 25.2. The number of hydrazone groups is 1. The lowest BCUT2D eigenvalue weighted by Gasteiger charge is -2.10. The third-order valence-electron chi connectivity index (χ3n) is 5.93. The highest BCUT2D eigenvalue weighted by molar-refractivity contribution is 7.80. The van der Waals surface area contributed by atoms with Crippen molar-refractivity contribution in [3.63, 3.8) is 0 Å². The van der Waals surface area contributed by atoms with Crippen LogP contribution < -0.4 is 15.5 Å². The lowest BCUT2D eigenvalue weighted by atomic mass is 10.1. The number of fused-ring (bicyclic) bond motifs is 3. The molecule has 192 valence electrons. The van der Waals surface area contributed by atoms with Crippen molar-refractivity contribution in [1.82, 2.24) is 15.0 Å². The maximum Gasteiger partial charge on any atom is 0.573 e. The van der Waals surface area contributed by atoms with Crippen LogP contribution in [0.5, 0.6) is 5.75 Å². The molecule has 0 aliphatic carbocycles. The minimum atomic E-state index is -4.73. The van der Waals surface area contributed by atoms with Crippen LogP contribution in [0.15, 0.2) is 90.3 Å². The van der Waals surface area contributed by atoms with E-state index in [0.29, 0.717) is 10.8 Å². The Morgan fingerprint density at radius 2 is 1.84 bits per heavy atom. The Morgan fingerprint density at radius 3 is 2.61 bits per heavy atom. The predicted molar refractivity (Wildman–Crippen MR) is 148 cm³/mol. The van der Waals surface area contributed by atoms with E-state index in [2.05, 4.69) is 32.5 Å². The summed E-state index contributed by atoms with van der Waals surface area (Å²) in [5, 5.41) is 9.73. The second-order valence-electron chi connectivity index (χ2n) is 8.40. The molecule has 0 bridgehead atoms. The number of anilines is 1. The van der Waals surface area contributed by atoms with Gasteiger partial charge in [0.25, 0.3) is 0 Å². The Labute approximate surface area is 221 Å². The summed E-state index contributed by atoms with van der Waals surface area (Å²) in [5.41, 5.74) is 8.11. The number of halogens is 3. The quantitative estimate of drug-likeness (QED) is 0.140. The van der Waals surface area contributed by atoms with Crippen LogP contribution in [-0.2, 0) is 6.42 Å². The molecule has 0 aliphatic heterocycles. The van der Waals surface area contributed by atoms with Gasteiger partial charge in [0.1, 0.15) is 12.1 Å². The zero-order chi connectivity index (χ0) is 26.7. The molecule has 0 spiro atoms. The van der Waals surface area contributed by atoms with E-state index in [-0.39, 0.29) is 5.75 Å². The molecule has 0 unspecified atom stereocenters. The van der Waals surface area contributed by atoms with Crippen molar-refractivity contribution >= 4 is 51.0 Å². The number of ether oxygens (including phenoxy) is 1. The van der Waals surface area contributed by atoms with Crippen LogP contribution in [0, 0.1) is 0 Å². The van der Waals surface area contributed by atoms with Crippen LogP contribution in [0.1, 0.15) is 18.1 Å². The van der Waals surface area contributed by atoms with Crippen LogP contribution in [0.2, 0.25) is 0 Å². The first-order valence-electron chi connectivity index (χ1n) is 11.7. The number of nitrogens with one attached hydrogen (secondary N) is 2. The molecule has 0 atom stereocenters. The molecule has 0 aliphatic rings. The number of rotatable bonds is 6. The number of para-hydroxylation sites is 1. The SMILES string of the molecule is CCc1ccccc1NC(=S)N/N=C/c1ccc2c(ccc3c2ncn3-c2ccc(OC(F)(F)F)cc2)c1. The van der Waals surface area contributed by atoms with Crippen molar-refractivity contribution in [2.75, 3.05) is 5.32 Å². The van der Waals surface area contributed by atoms with E-state index in [0.717, 1.165) is 45.0 Å². The first-order chi connectivity index (χ1) is 18.3. The third kappa shape index (κ3) is 5.60. The third-order valence-corrected chi connectivity index (χ3v) is 6.12. The van der Waals surface area contributed by atoms with Gasteiger partial charge >= 0.3 is 6.36 Å². The smallest absolute Gasteiger partial charge is 0.406 e. The predicted octanol–water partition coefficient (Wildman–Crippen LogP) is 6.96. The zero-order valence-corrected chi connectivity index (χ0v) is 21.0. The number of hydrogen-bond acceptors (Lipinski definition) is 4. The number of alkyl halides is 3. The number of aromatic nitrogens is 2. The maximum atomic E-state index is 12.5. The summed E-state index contributed by atoms with van der Waals surface area (Å²) in [7, 11) is 0. The first-order valence-corrected chi connectivity index (χ1v) is 12.2. The molecule has 0 amide bonds. The fourth-order valence-electron chi connectivity index (χ4n) is 4.19. The number of nitrogens with zero attached hydrogens (tertiary/aromatic N) is 3. The van der Waals surface area contributed by atoms with Crippen LogP contribution in [0.4, 0.5) is 18.9 Å². The number of thiocarbonyl (C=S) groups is 1. The van der Waals surface area contributed by atoms with Gasteiger partial charge in [0.05, 0.1) is 17.2 Å². The Kier molecular flexibility index (Phi) is 6.97. The average Bonchev–Trinajstić information content (AvgIpc) is 3.33. The fourth-order valence-corrected chi connectivity index (χ4v) is 4.35. The van der Waals surface area contributed by atoms with Gasteiger partial charge in [-0.2, -0.15) is 5.10 Å². The van der Waals surface area contributed by atoms with Gasteiger partial charge in [0.2, 0.25) is 0 Å². The Bertz CT molecular complexity index is 1640. The summed E-state index contributed by atoms with van der Waals surface area (Å²) in [4.78, 5) is 4.55. The highest BCUT2D eigenvalue weighted by Crippen LogP contribution is 2.28. The second-order valence-corrected chi connectivity index (χ2v) is 8.81. The molecule has 5 rings (SSSR count). The van der Waals surface area contributed by atoms with Crippen LogP contribution in [-0.4, -0.2) is 27.2 Å². The van der Waals surface area contributed by atoms with Crippen molar-refractivity contribution < 1.29 is 17.9 Å². The molecule has 4 aromatic carbocycles. The van der Waals surface area contributed by atoms with E-state index in [1.54, 1.807) is 24.7 Å². The monoisotopic (exact) mass is 533 g/mol. The number of benzene rings is 4. The Hall–Kier alpha value is -4.44. The average molecular weight is 534 g/mol. The van der Waals surface area contributed by atoms with Crippen molar-refractivity contribution in [2.24, 2.45) is 5.10 Å². The normalized spacial score (nSPS) is 11.8. The van der Waals surface area contributed by atoms with Gasteiger partial charge in [-0.15, -0.1) is 13.2 Å². The minimum absolute atomic E-state index is 0.276. The lowest BCUT2D eigenvalue weighted by Crippen LogP contribution is -2.24. The topological polar surface area (TPSA) is 63.5 Å². The minimum Gasteiger partial charge on any atom is -0.406 e. The number of hydrogen-bond donors (Lipinski definition) is 2. The molecule has 38 heavy (non-hydrogen) atoms. The summed E-state index contributed by atoms with van der Waals surface area (Å²) < 4.78 is 43.1. The highest BCUT2D eigenvalue weighted by Gasteiger charge is 2.31. The maximum absolute atomic E-state index is 12.5. The summed E-state index contributed by atoms with van der Waals surface area (Å²) in [6.07, 6.45) is -0.508. The number of aryl methyl sites for hydroxylation is 1.